The third kappa shape index (κ3) is 6.01. The molecule has 1 aromatic heterocycles. The molecule has 1 N–H and O–H groups in total. The molecule has 3 rings (SSSR count). The van der Waals surface area contributed by atoms with Crippen LogP contribution in [0.25, 0.3) is 0 Å². The molecule has 1 unspecified atom stereocenters. The number of nitrogens with one attached hydrogen (secondary N) is 1. The molecule has 0 aliphatic heterocycles. The number of thioether (sulfide) groups is 1. The Morgan fingerprint density at radius 1 is 1.24 bits per heavy atom. The van der Waals surface area contributed by atoms with Crippen molar-refractivity contribution in [1.29, 1.82) is 0 Å². The number of nitro benzene ring substituents is 1. The molecule has 0 aliphatic carbocycles. The highest BCUT2D eigenvalue weighted by atomic mass is 32.2. The Balaban J connectivity index is 1.66. The molecule has 0 saturated heterocycles. The molecule has 1 atom stereocenters. The highest BCUT2D eigenvalue weighted by Gasteiger charge is 2.20. The summed E-state index contributed by atoms with van der Waals surface area (Å²) in [5, 5.41) is 22.8. The van der Waals surface area contributed by atoms with Gasteiger partial charge in [0.1, 0.15) is 11.5 Å². The summed E-state index contributed by atoms with van der Waals surface area (Å²) in [4.78, 5) is 23.0. The fourth-order valence-corrected chi connectivity index (χ4v) is 3.92. The van der Waals surface area contributed by atoms with Crippen LogP contribution in [0, 0.1) is 17.0 Å². The molecule has 0 saturated carbocycles. The van der Waals surface area contributed by atoms with E-state index in [9.17, 15) is 14.9 Å². The van der Waals surface area contributed by atoms with Gasteiger partial charge in [0.05, 0.1) is 23.5 Å². The van der Waals surface area contributed by atoms with Crippen molar-refractivity contribution in [2.45, 2.75) is 38.6 Å². The maximum atomic E-state index is 12.5. The first-order chi connectivity index (χ1) is 15.8. The fraction of sp³-hybridized carbons (Fsp3) is 0.318. The van der Waals surface area contributed by atoms with Gasteiger partial charge in [0.15, 0.2) is 17.1 Å². The maximum Gasteiger partial charge on any atom is 0.271 e. The molecular weight excluding hydrogens is 446 g/mol. The summed E-state index contributed by atoms with van der Waals surface area (Å²) >= 11 is 1.23. The zero-order chi connectivity index (χ0) is 24.0. The second-order valence-corrected chi connectivity index (χ2v) is 8.06. The van der Waals surface area contributed by atoms with Gasteiger partial charge < -0.3 is 19.4 Å². The van der Waals surface area contributed by atoms with Gasteiger partial charge in [-0.2, -0.15) is 0 Å². The Kier molecular flexibility index (Phi) is 7.88. The van der Waals surface area contributed by atoms with Gasteiger partial charge >= 0.3 is 0 Å². The van der Waals surface area contributed by atoms with E-state index in [1.165, 1.54) is 23.9 Å². The maximum absolute atomic E-state index is 12.5. The number of ether oxygens (including phenoxy) is 2. The number of aromatic nitrogens is 3. The number of amides is 1. The summed E-state index contributed by atoms with van der Waals surface area (Å²) in [5.41, 5.74) is 1.07. The average molecular weight is 472 g/mol. The number of carbonyl (C=O) groups is 1. The summed E-state index contributed by atoms with van der Waals surface area (Å²) in [7, 11) is 1.59. The summed E-state index contributed by atoms with van der Waals surface area (Å²) in [6.45, 7) is 6.21. The zero-order valence-corrected chi connectivity index (χ0v) is 19.6. The lowest BCUT2D eigenvalue weighted by atomic mass is 10.2. The Hall–Kier alpha value is -3.60. The van der Waals surface area contributed by atoms with E-state index in [1.807, 2.05) is 36.6 Å². The van der Waals surface area contributed by atoms with Crippen molar-refractivity contribution in [3.05, 3.63) is 64.0 Å². The minimum absolute atomic E-state index is 0.0748. The topological polar surface area (TPSA) is 121 Å². The monoisotopic (exact) mass is 471 g/mol. The van der Waals surface area contributed by atoms with E-state index >= 15 is 0 Å². The van der Waals surface area contributed by atoms with Crippen LogP contribution in [0.4, 0.5) is 11.4 Å². The van der Waals surface area contributed by atoms with Crippen LogP contribution in [0.2, 0.25) is 0 Å². The lowest BCUT2D eigenvalue weighted by Gasteiger charge is -2.16. The zero-order valence-electron chi connectivity index (χ0n) is 18.8. The van der Waals surface area contributed by atoms with Crippen LogP contribution >= 0.6 is 11.8 Å². The van der Waals surface area contributed by atoms with Crippen LogP contribution in [0.15, 0.2) is 47.6 Å². The summed E-state index contributed by atoms with van der Waals surface area (Å²) in [6.07, 6.45) is -0.375. The van der Waals surface area contributed by atoms with E-state index in [-0.39, 0.29) is 23.5 Å². The number of rotatable bonds is 10. The number of carbonyl (C=O) groups excluding carboxylic acids is 1. The fourth-order valence-electron chi connectivity index (χ4n) is 3.11. The van der Waals surface area contributed by atoms with Crippen molar-refractivity contribution in [2.24, 2.45) is 0 Å². The Morgan fingerprint density at radius 3 is 2.70 bits per heavy atom. The molecule has 33 heavy (non-hydrogen) atoms. The van der Waals surface area contributed by atoms with Crippen molar-refractivity contribution in [3.63, 3.8) is 0 Å². The normalized spacial score (nSPS) is 11.6. The number of hydrogen-bond acceptors (Lipinski definition) is 8. The second kappa shape index (κ2) is 10.8. The van der Waals surface area contributed by atoms with Gasteiger partial charge in [-0.15, -0.1) is 10.2 Å². The first-order valence-corrected chi connectivity index (χ1v) is 11.2. The number of anilines is 1. The van der Waals surface area contributed by atoms with Crippen LogP contribution in [0.3, 0.4) is 0 Å². The Morgan fingerprint density at radius 2 is 2.00 bits per heavy atom. The number of hydrogen-bond donors (Lipinski definition) is 1. The van der Waals surface area contributed by atoms with Gasteiger partial charge in [0.25, 0.3) is 5.69 Å². The minimum atomic E-state index is -0.496. The van der Waals surface area contributed by atoms with Crippen molar-refractivity contribution < 1.29 is 19.2 Å². The standard InChI is InChI=1S/C22H25N5O5S/c1-5-26-21(15(3)32-18-8-6-7-17(12-18)31-4)24-25-22(26)33-13-20(28)23-19-11-16(27(29)30)10-9-14(19)2/h6-12,15H,5,13H2,1-4H3,(H,23,28). The highest BCUT2D eigenvalue weighted by Crippen LogP contribution is 2.27. The SMILES string of the molecule is CCn1c(SCC(=O)Nc2cc([N+](=O)[O-])ccc2C)nnc1C(C)Oc1cccc(OC)c1. The first-order valence-electron chi connectivity index (χ1n) is 10.2. The minimum Gasteiger partial charge on any atom is -0.497 e. The van der Waals surface area contributed by atoms with E-state index in [4.69, 9.17) is 9.47 Å². The molecule has 0 spiro atoms. The number of non-ortho nitro benzene ring substituents is 1. The largest absolute Gasteiger partial charge is 0.497 e. The first kappa shape index (κ1) is 24.1. The molecule has 10 nitrogen and oxygen atoms in total. The van der Waals surface area contributed by atoms with Gasteiger partial charge in [0, 0.05) is 24.7 Å². The van der Waals surface area contributed by atoms with Gasteiger partial charge in [-0.05, 0) is 38.5 Å². The van der Waals surface area contributed by atoms with Crippen LogP contribution in [0.5, 0.6) is 11.5 Å². The Labute approximate surface area is 195 Å². The van der Waals surface area contributed by atoms with Crippen LogP contribution < -0.4 is 14.8 Å². The molecule has 2 aromatic carbocycles. The predicted octanol–water partition coefficient (Wildman–Crippen LogP) is 4.39. The lowest BCUT2D eigenvalue weighted by Crippen LogP contribution is -2.16. The van der Waals surface area contributed by atoms with Gasteiger partial charge in [-0.3, -0.25) is 14.9 Å². The summed E-state index contributed by atoms with van der Waals surface area (Å²) < 4.78 is 13.1. The average Bonchev–Trinajstić information content (AvgIpc) is 3.22. The van der Waals surface area contributed by atoms with E-state index in [0.29, 0.717) is 34.7 Å². The molecule has 1 amide bonds. The third-order valence-electron chi connectivity index (χ3n) is 4.82. The number of benzene rings is 2. The quantitative estimate of drug-likeness (QED) is 0.262. The van der Waals surface area contributed by atoms with Crippen molar-refractivity contribution in [2.75, 3.05) is 18.2 Å². The smallest absolute Gasteiger partial charge is 0.271 e. The molecule has 3 aromatic rings. The van der Waals surface area contributed by atoms with Crippen molar-refractivity contribution in [3.8, 4) is 11.5 Å². The molecule has 174 valence electrons. The number of methoxy groups -OCH3 is 1. The molecule has 0 radical (unpaired) electrons. The highest BCUT2D eigenvalue weighted by molar-refractivity contribution is 7.99. The van der Waals surface area contributed by atoms with Crippen molar-refractivity contribution >= 4 is 29.0 Å². The molecular formula is C22H25N5O5S. The van der Waals surface area contributed by atoms with Gasteiger partial charge in [-0.1, -0.05) is 23.9 Å². The van der Waals surface area contributed by atoms with E-state index < -0.39 is 4.92 Å². The second-order valence-electron chi connectivity index (χ2n) is 7.12. The third-order valence-corrected chi connectivity index (χ3v) is 5.78. The van der Waals surface area contributed by atoms with E-state index in [2.05, 4.69) is 15.5 Å². The van der Waals surface area contributed by atoms with Crippen molar-refractivity contribution in [1.82, 2.24) is 14.8 Å². The number of nitro groups is 1. The molecule has 0 bridgehead atoms. The molecule has 1 heterocycles. The number of nitrogens with zero attached hydrogens (tertiary/aromatic N) is 4. The van der Waals surface area contributed by atoms with Crippen LogP contribution in [-0.4, -0.2) is 38.5 Å². The Bertz CT molecular complexity index is 1150. The molecule has 0 fully saturated rings. The molecule has 11 heteroatoms. The van der Waals surface area contributed by atoms with Gasteiger partial charge in [-0.25, -0.2) is 0 Å². The van der Waals surface area contributed by atoms with Crippen LogP contribution in [-0.2, 0) is 11.3 Å². The molecule has 0 aliphatic rings. The number of aryl methyl sites for hydroxylation is 1. The van der Waals surface area contributed by atoms with Gasteiger partial charge in [0.2, 0.25) is 5.91 Å². The van der Waals surface area contributed by atoms with Crippen LogP contribution in [0.1, 0.15) is 31.3 Å². The summed E-state index contributed by atoms with van der Waals surface area (Å²) in [6, 6.07) is 11.7. The predicted molar refractivity (Wildman–Crippen MR) is 125 cm³/mol. The van der Waals surface area contributed by atoms with E-state index in [1.54, 1.807) is 26.2 Å². The summed E-state index contributed by atoms with van der Waals surface area (Å²) in [5.74, 6) is 1.76. The lowest BCUT2D eigenvalue weighted by molar-refractivity contribution is -0.384. The van der Waals surface area contributed by atoms with E-state index in [0.717, 1.165) is 5.56 Å².